The van der Waals surface area contributed by atoms with Crippen molar-refractivity contribution in [3.05, 3.63) is 59.9 Å². The molecule has 0 unspecified atom stereocenters. The van der Waals surface area contributed by atoms with Crippen molar-refractivity contribution in [2.45, 2.75) is 4.90 Å². The first kappa shape index (κ1) is 12.4. The molecule has 1 aromatic rings. The van der Waals surface area contributed by atoms with E-state index in [1.165, 1.54) is 24.0 Å². The van der Waals surface area contributed by atoms with Gasteiger partial charge in [0.2, 0.25) is 0 Å². The van der Waals surface area contributed by atoms with E-state index in [0.717, 1.165) is 4.91 Å². The van der Waals surface area contributed by atoms with Crippen LogP contribution in [0.25, 0.3) is 0 Å². The standard InChI is InChI=1S/C12H13FN2S/c1-2-3-10(6-7-14)16-12-5-4-9(15)8-11(12)13/h2-8H,1,14-15H2/b7-6-,10-3+. The predicted octanol–water partition coefficient (Wildman–Crippen LogP) is 3.04. The molecule has 0 heterocycles. The van der Waals surface area contributed by atoms with Crippen LogP contribution < -0.4 is 11.5 Å². The summed E-state index contributed by atoms with van der Waals surface area (Å²) in [5, 5.41) is 0. The number of nitrogens with two attached hydrogens (primary N) is 2. The first-order chi connectivity index (χ1) is 7.67. The van der Waals surface area contributed by atoms with Crippen LogP contribution >= 0.6 is 11.8 Å². The number of hydrogen-bond donors (Lipinski definition) is 2. The van der Waals surface area contributed by atoms with Gasteiger partial charge in [-0.25, -0.2) is 4.39 Å². The lowest BCUT2D eigenvalue weighted by atomic mass is 10.3. The van der Waals surface area contributed by atoms with E-state index in [2.05, 4.69) is 6.58 Å². The molecule has 0 aromatic heterocycles. The van der Waals surface area contributed by atoms with Gasteiger partial charge in [0, 0.05) is 15.5 Å². The quantitative estimate of drug-likeness (QED) is 0.480. The fourth-order valence-corrected chi connectivity index (χ4v) is 1.92. The smallest absolute Gasteiger partial charge is 0.139 e. The zero-order valence-electron chi connectivity index (χ0n) is 8.69. The third kappa shape index (κ3) is 3.47. The highest BCUT2D eigenvalue weighted by Gasteiger charge is 2.04. The zero-order chi connectivity index (χ0) is 12.0. The van der Waals surface area contributed by atoms with Gasteiger partial charge < -0.3 is 11.5 Å². The molecule has 4 N–H and O–H groups in total. The molecule has 0 radical (unpaired) electrons. The Hall–Kier alpha value is -1.68. The molecule has 0 saturated carbocycles. The van der Waals surface area contributed by atoms with E-state index in [0.29, 0.717) is 10.6 Å². The lowest BCUT2D eigenvalue weighted by Crippen LogP contribution is -1.88. The normalized spacial score (nSPS) is 11.9. The molecule has 0 aliphatic rings. The molecular weight excluding hydrogens is 223 g/mol. The van der Waals surface area contributed by atoms with Gasteiger partial charge in [0.05, 0.1) is 0 Å². The van der Waals surface area contributed by atoms with E-state index < -0.39 is 0 Å². The van der Waals surface area contributed by atoms with E-state index in [1.54, 1.807) is 30.4 Å². The number of benzene rings is 1. The SMILES string of the molecule is C=C/C=C(\C=C/N)Sc1ccc(N)cc1F. The van der Waals surface area contributed by atoms with Gasteiger partial charge >= 0.3 is 0 Å². The number of rotatable bonds is 4. The van der Waals surface area contributed by atoms with Crippen molar-refractivity contribution in [1.29, 1.82) is 0 Å². The Morgan fingerprint density at radius 1 is 1.44 bits per heavy atom. The zero-order valence-corrected chi connectivity index (χ0v) is 9.51. The molecule has 0 atom stereocenters. The Labute approximate surface area is 98.5 Å². The Morgan fingerprint density at radius 3 is 2.75 bits per heavy atom. The Morgan fingerprint density at radius 2 is 2.19 bits per heavy atom. The van der Waals surface area contributed by atoms with E-state index in [9.17, 15) is 4.39 Å². The summed E-state index contributed by atoms with van der Waals surface area (Å²) in [6.07, 6.45) is 6.46. The Balaban J connectivity index is 2.94. The van der Waals surface area contributed by atoms with Crippen LogP contribution in [0.4, 0.5) is 10.1 Å². The third-order valence-electron chi connectivity index (χ3n) is 1.73. The molecule has 0 aliphatic carbocycles. The maximum Gasteiger partial charge on any atom is 0.139 e. The van der Waals surface area contributed by atoms with Crippen LogP contribution in [-0.4, -0.2) is 0 Å². The summed E-state index contributed by atoms with van der Waals surface area (Å²) in [5.74, 6) is -0.342. The van der Waals surface area contributed by atoms with Crippen LogP contribution in [0, 0.1) is 5.82 Å². The summed E-state index contributed by atoms with van der Waals surface area (Å²) < 4.78 is 13.5. The second kappa shape index (κ2) is 6.02. The summed E-state index contributed by atoms with van der Waals surface area (Å²) in [6.45, 7) is 3.58. The highest BCUT2D eigenvalue weighted by molar-refractivity contribution is 8.03. The van der Waals surface area contributed by atoms with E-state index in [1.807, 2.05) is 0 Å². The Kier molecular flexibility index (Phi) is 4.66. The van der Waals surface area contributed by atoms with Crippen LogP contribution in [0.5, 0.6) is 0 Å². The second-order valence-corrected chi connectivity index (χ2v) is 4.07. The molecule has 0 fully saturated rings. The van der Waals surface area contributed by atoms with Crippen molar-refractivity contribution in [2.24, 2.45) is 5.73 Å². The molecule has 2 nitrogen and oxygen atoms in total. The minimum atomic E-state index is -0.342. The fourth-order valence-electron chi connectivity index (χ4n) is 1.06. The summed E-state index contributed by atoms with van der Waals surface area (Å²) in [6, 6.07) is 4.58. The maximum atomic E-state index is 13.5. The molecule has 0 aliphatic heterocycles. The van der Waals surface area contributed by atoms with Crippen LogP contribution in [0.2, 0.25) is 0 Å². The highest BCUT2D eigenvalue weighted by Crippen LogP contribution is 2.30. The number of hydrogen-bond acceptors (Lipinski definition) is 3. The number of thioether (sulfide) groups is 1. The second-order valence-electron chi connectivity index (χ2n) is 2.96. The van der Waals surface area contributed by atoms with Gasteiger partial charge in [0.25, 0.3) is 0 Å². The van der Waals surface area contributed by atoms with Crippen molar-refractivity contribution >= 4 is 17.4 Å². The van der Waals surface area contributed by atoms with Crippen molar-refractivity contribution < 1.29 is 4.39 Å². The van der Waals surface area contributed by atoms with Crippen LogP contribution in [0.15, 0.2) is 59.0 Å². The van der Waals surface area contributed by atoms with Gasteiger partial charge in [0.15, 0.2) is 0 Å². The average molecular weight is 236 g/mol. The van der Waals surface area contributed by atoms with Crippen molar-refractivity contribution in [1.82, 2.24) is 0 Å². The van der Waals surface area contributed by atoms with Crippen molar-refractivity contribution in [2.75, 3.05) is 5.73 Å². The van der Waals surface area contributed by atoms with E-state index >= 15 is 0 Å². The van der Waals surface area contributed by atoms with Gasteiger partial charge in [0.1, 0.15) is 5.82 Å². The number of nitrogen functional groups attached to an aromatic ring is 1. The summed E-state index contributed by atoms with van der Waals surface area (Å²) in [5.41, 5.74) is 11.2. The predicted molar refractivity (Wildman–Crippen MR) is 68.3 cm³/mol. The molecule has 16 heavy (non-hydrogen) atoms. The monoisotopic (exact) mass is 236 g/mol. The molecule has 1 aromatic carbocycles. The van der Waals surface area contributed by atoms with Crippen molar-refractivity contribution in [3.63, 3.8) is 0 Å². The molecule has 0 spiro atoms. The van der Waals surface area contributed by atoms with Crippen LogP contribution in [0.3, 0.4) is 0 Å². The van der Waals surface area contributed by atoms with Crippen LogP contribution in [-0.2, 0) is 0 Å². The minimum Gasteiger partial charge on any atom is -0.405 e. The van der Waals surface area contributed by atoms with Crippen molar-refractivity contribution in [3.8, 4) is 0 Å². The molecule has 0 saturated heterocycles. The topological polar surface area (TPSA) is 52.0 Å². The summed E-state index contributed by atoms with van der Waals surface area (Å²) in [7, 11) is 0. The largest absolute Gasteiger partial charge is 0.405 e. The maximum absolute atomic E-state index is 13.5. The molecule has 4 heteroatoms. The first-order valence-corrected chi connectivity index (χ1v) is 5.43. The lowest BCUT2D eigenvalue weighted by molar-refractivity contribution is 0.603. The summed E-state index contributed by atoms with van der Waals surface area (Å²) >= 11 is 1.27. The van der Waals surface area contributed by atoms with E-state index in [-0.39, 0.29) is 5.82 Å². The fraction of sp³-hybridized carbons (Fsp3) is 0. The molecular formula is C12H13FN2S. The number of halogens is 1. The van der Waals surface area contributed by atoms with E-state index in [4.69, 9.17) is 11.5 Å². The van der Waals surface area contributed by atoms with Gasteiger partial charge in [-0.3, -0.25) is 0 Å². The van der Waals surface area contributed by atoms with Gasteiger partial charge in [-0.05, 0) is 36.6 Å². The highest BCUT2D eigenvalue weighted by atomic mass is 32.2. The molecule has 84 valence electrons. The summed E-state index contributed by atoms with van der Waals surface area (Å²) in [4.78, 5) is 1.31. The third-order valence-corrected chi connectivity index (χ3v) is 2.79. The van der Waals surface area contributed by atoms with Crippen LogP contribution in [0.1, 0.15) is 0 Å². The number of anilines is 1. The Bertz CT molecular complexity index is 439. The van der Waals surface area contributed by atoms with Gasteiger partial charge in [-0.2, -0.15) is 0 Å². The molecule has 0 amide bonds. The first-order valence-electron chi connectivity index (χ1n) is 4.61. The molecule has 0 bridgehead atoms. The lowest BCUT2D eigenvalue weighted by Gasteiger charge is -2.04. The minimum absolute atomic E-state index is 0.342. The van der Waals surface area contributed by atoms with Gasteiger partial charge in [-0.1, -0.05) is 24.4 Å². The van der Waals surface area contributed by atoms with Gasteiger partial charge in [-0.15, -0.1) is 0 Å². The average Bonchev–Trinajstić information content (AvgIpc) is 2.23. The molecule has 1 rings (SSSR count). The number of allylic oxidation sites excluding steroid dienone is 3.